The summed E-state index contributed by atoms with van der Waals surface area (Å²) in [6.07, 6.45) is 2.84. The Bertz CT molecular complexity index is 962. The molecule has 0 bridgehead atoms. The molecule has 0 spiro atoms. The van der Waals surface area contributed by atoms with E-state index in [9.17, 15) is 4.79 Å². The Balaban J connectivity index is 1.37. The Morgan fingerprint density at radius 1 is 1.17 bits per heavy atom. The minimum atomic E-state index is -0.114. The largest absolute Gasteiger partial charge is 0.497 e. The molecule has 0 aliphatic heterocycles. The van der Waals surface area contributed by atoms with Crippen LogP contribution in [0.2, 0.25) is 0 Å². The number of rotatable bonds is 8. The molecule has 1 fully saturated rings. The van der Waals surface area contributed by atoms with Gasteiger partial charge in [0.2, 0.25) is 5.91 Å². The monoisotopic (exact) mass is 391 g/mol. The molecule has 1 aliphatic carbocycles. The smallest absolute Gasteiger partial charge is 0.244 e. The van der Waals surface area contributed by atoms with E-state index in [1.165, 1.54) is 10.4 Å². The second kappa shape index (κ2) is 8.43. The summed E-state index contributed by atoms with van der Waals surface area (Å²) in [6, 6.07) is 16.1. The molecular weight excluding hydrogens is 366 g/mol. The van der Waals surface area contributed by atoms with Gasteiger partial charge >= 0.3 is 0 Å². The molecule has 7 heteroatoms. The Hall–Kier alpha value is -3.22. The fraction of sp³-hybridized carbons (Fsp3) is 0.364. The molecule has 0 radical (unpaired) electrons. The summed E-state index contributed by atoms with van der Waals surface area (Å²) in [4.78, 5) is 14.0. The van der Waals surface area contributed by atoms with Gasteiger partial charge in [-0.3, -0.25) is 4.79 Å². The van der Waals surface area contributed by atoms with Crippen LogP contribution in [0.4, 0.5) is 0 Å². The van der Waals surface area contributed by atoms with E-state index in [2.05, 4.69) is 51.9 Å². The summed E-state index contributed by atoms with van der Waals surface area (Å²) in [6.45, 7) is 2.11. The van der Waals surface area contributed by atoms with E-state index in [0.717, 1.165) is 29.7 Å². The fourth-order valence-electron chi connectivity index (χ4n) is 3.36. The predicted octanol–water partition coefficient (Wildman–Crippen LogP) is 2.85. The van der Waals surface area contributed by atoms with Crippen LogP contribution in [0.3, 0.4) is 0 Å². The molecule has 1 saturated carbocycles. The first-order chi connectivity index (χ1) is 14.1. The lowest BCUT2D eigenvalue weighted by atomic mass is 10.0. The highest BCUT2D eigenvalue weighted by atomic mass is 16.5. The first kappa shape index (κ1) is 19.1. The number of hydrogen-bond donors (Lipinski definition) is 1. The van der Waals surface area contributed by atoms with Crippen LogP contribution in [-0.4, -0.2) is 33.2 Å². The van der Waals surface area contributed by atoms with Crippen LogP contribution < -0.4 is 10.1 Å². The van der Waals surface area contributed by atoms with Gasteiger partial charge in [-0.1, -0.05) is 42.0 Å². The first-order valence-corrected chi connectivity index (χ1v) is 9.86. The highest BCUT2D eigenvalue weighted by Crippen LogP contribution is 2.41. The fourth-order valence-corrected chi connectivity index (χ4v) is 3.36. The van der Waals surface area contributed by atoms with Crippen molar-refractivity contribution in [2.45, 2.75) is 38.8 Å². The Morgan fingerprint density at radius 2 is 1.90 bits per heavy atom. The molecule has 4 rings (SSSR count). The lowest BCUT2D eigenvalue weighted by Crippen LogP contribution is -2.33. The number of carbonyl (C=O) groups is 1. The molecule has 1 aliphatic rings. The van der Waals surface area contributed by atoms with Crippen LogP contribution in [0.5, 0.6) is 5.75 Å². The molecule has 29 heavy (non-hydrogen) atoms. The Labute approximate surface area is 170 Å². The maximum atomic E-state index is 12.6. The van der Waals surface area contributed by atoms with Gasteiger partial charge in [-0.15, -0.1) is 10.2 Å². The maximum absolute atomic E-state index is 12.6. The molecule has 0 saturated heterocycles. The lowest BCUT2D eigenvalue weighted by molar-refractivity contribution is -0.123. The molecule has 150 valence electrons. The molecular formula is C22H25N5O2. The molecule has 3 aromatic rings. The second-order valence-corrected chi connectivity index (χ2v) is 7.55. The van der Waals surface area contributed by atoms with E-state index in [1.807, 2.05) is 24.3 Å². The number of nitrogens with one attached hydrogen (secondary N) is 1. The topological polar surface area (TPSA) is 81.9 Å². The third-order valence-corrected chi connectivity index (χ3v) is 5.15. The average Bonchev–Trinajstić information content (AvgIpc) is 3.49. The standard InChI is InChI=1S/C22H25N5O2/c1-15-3-5-16(6-4-15)13-20-24-26-27(25-20)14-21(28)23-22(17-7-8-17)18-9-11-19(29-2)12-10-18/h3-6,9-12,17,22H,7-8,13-14H2,1-2H3,(H,23,28)/t22-/m1/s1. The molecule has 7 nitrogen and oxygen atoms in total. The number of nitrogens with zero attached hydrogens (tertiary/aromatic N) is 4. The average molecular weight is 391 g/mol. The number of aromatic nitrogens is 4. The third kappa shape index (κ3) is 4.99. The van der Waals surface area contributed by atoms with Gasteiger partial charge in [-0.05, 0) is 54.2 Å². The van der Waals surface area contributed by atoms with Crippen molar-refractivity contribution in [2.75, 3.05) is 7.11 Å². The van der Waals surface area contributed by atoms with Crippen molar-refractivity contribution in [3.8, 4) is 5.75 Å². The number of aryl methyl sites for hydroxylation is 1. The number of methoxy groups -OCH3 is 1. The summed E-state index contributed by atoms with van der Waals surface area (Å²) in [5.41, 5.74) is 3.42. The van der Waals surface area contributed by atoms with Crippen molar-refractivity contribution in [1.29, 1.82) is 0 Å². The van der Waals surface area contributed by atoms with Gasteiger partial charge in [0.15, 0.2) is 5.82 Å². The number of ether oxygens (including phenoxy) is 1. The van der Waals surface area contributed by atoms with Crippen molar-refractivity contribution < 1.29 is 9.53 Å². The van der Waals surface area contributed by atoms with Crippen molar-refractivity contribution in [3.05, 3.63) is 71.0 Å². The van der Waals surface area contributed by atoms with Crippen LogP contribution in [0.15, 0.2) is 48.5 Å². The zero-order valence-electron chi connectivity index (χ0n) is 16.7. The maximum Gasteiger partial charge on any atom is 0.244 e. The number of amides is 1. The van der Waals surface area contributed by atoms with E-state index in [4.69, 9.17) is 4.74 Å². The van der Waals surface area contributed by atoms with Gasteiger partial charge in [0, 0.05) is 6.42 Å². The Morgan fingerprint density at radius 3 is 2.55 bits per heavy atom. The normalized spacial score (nSPS) is 14.4. The van der Waals surface area contributed by atoms with Crippen LogP contribution in [0, 0.1) is 12.8 Å². The van der Waals surface area contributed by atoms with Gasteiger partial charge in [0.1, 0.15) is 12.3 Å². The van der Waals surface area contributed by atoms with Gasteiger partial charge in [0.25, 0.3) is 0 Å². The minimum absolute atomic E-state index is 0.00366. The number of tetrazole rings is 1. The molecule has 1 aromatic heterocycles. The molecule has 1 amide bonds. The van der Waals surface area contributed by atoms with Crippen LogP contribution >= 0.6 is 0 Å². The SMILES string of the molecule is COc1ccc([C@H](NC(=O)Cn2nnc(Cc3ccc(C)cc3)n2)C2CC2)cc1. The molecule has 1 heterocycles. The second-order valence-electron chi connectivity index (χ2n) is 7.55. The van der Waals surface area contributed by atoms with E-state index >= 15 is 0 Å². The third-order valence-electron chi connectivity index (χ3n) is 5.15. The summed E-state index contributed by atoms with van der Waals surface area (Å²) in [5, 5.41) is 15.6. The van der Waals surface area contributed by atoms with Crippen LogP contribution in [0.1, 0.15) is 41.4 Å². The van der Waals surface area contributed by atoms with Gasteiger partial charge in [-0.2, -0.15) is 4.80 Å². The Kier molecular flexibility index (Phi) is 5.55. The summed E-state index contributed by atoms with van der Waals surface area (Å²) in [7, 11) is 1.65. The highest BCUT2D eigenvalue weighted by Gasteiger charge is 2.33. The van der Waals surface area contributed by atoms with Gasteiger partial charge in [-0.25, -0.2) is 0 Å². The zero-order valence-corrected chi connectivity index (χ0v) is 16.7. The molecule has 1 N–H and O–H groups in total. The number of hydrogen-bond acceptors (Lipinski definition) is 5. The summed E-state index contributed by atoms with van der Waals surface area (Å²) < 4.78 is 5.22. The van der Waals surface area contributed by atoms with Crippen molar-refractivity contribution >= 4 is 5.91 Å². The number of carbonyl (C=O) groups excluding carboxylic acids is 1. The molecule has 0 unspecified atom stereocenters. The highest BCUT2D eigenvalue weighted by molar-refractivity contribution is 5.76. The predicted molar refractivity (Wildman–Crippen MR) is 108 cm³/mol. The minimum Gasteiger partial charge on any atom is -0.497 e. The van der Waals surface area contributed by atoms with E-state index in [-0.39, 0.29) is 18.5 Å². The zero-order chi connectivity index (χ0) is 20.2. The van der Waals surface area contributed by atoms with E-state index in [1.54, 1.807) is 7.11 Å². The van der Waals surface area contributed by atoms with Crippen LogP contribution in [-0.2, 0) is 17.8 Å². The van der Waals surface area contributed by atoms with Crippen molar-refractivity contribution in [3.63, 3.8) is 0 Å². The molecule has 2 aromatic carbocycles. The van der Waals surface area contributed by atoms with Crippen molar-refractivity contribution in [2.24, 2.45) is 5.92 Å². The summed E-state index contributed by atoms with van der Waals surface area (Å²) in [5.74, 6) is 1.78. The lowest BCUT2D eigenvalue weighted by Gasteiger charge is -2.19. The van der Waals surface area contributed by atoms with Crippen molar-refractivity contribution in [1.82, 2.24) is 25.5 Å². The quantitative estimate of drug-likeness (QED) is 0.639. The van der Waals surface area contributed by atoms with Gasteiger partial charge in [0.05, 0.1) is 13.2 Å². The first-order valence-electron chi connectivity index (χ1n) is 9.86. The van der Waals surface area contributed by atoms with Crippen LogP contribution in [0.25, 0.3) is 0 Å². The summed E-state index contributed by atoms with van der Waals surface area (Å²) >= 11 is 0. The molecule has 1 atom stereocenters. The number of benzene rings is 2. The van der Waals surface area contributed by atoms with E-state index in [0.29, 0.717) is 18.2 Å². The van der Waals surface area contributed by atoms with E-state index < -0.39 is 0 Å². The van der Waals surface area contributed by atoms with Gasteiger partial charge < -0.3 is 10.1 Å².